The quantitative estimate of drug-likeness (QED) is 0.665. The van der Waals surface area contributed by atoms with E-state index in [0.717, 1.165) is 24.3 Å². The summed E-state index contributed by atoms with van der Waals surface area (Å²) in [5.41, 5.74) is 5.93. The van der Waals surface area contributed by atoms with E-state index in [0.29, 0.717) is 0 Å². The van der Waals surface area contributed by atoms with Gasteiger partial charge in [-0.3, -0.25) is 0 Å². The average molecular weight is 333 g/mol. The van der Waals surface area contributed by atoms with E-state index < -0.39 is 0 Å². The van der Waals surface area contributed by atoms with Gasteiger partial charge in [0.15, 0.2) is 0 Å². The molecule has 128 valence electrons. The molecule has 0 bridgehead atoms. The van der Waals surface area contributed by atoms with Crippen molar-refractivity contribution in [2.45, 2.75) is 26.8 Å². The van der Waals surface area contributed by atoms with E-state index in [4.69, 9.17) is 0 Å². The maximum atomic E-state index is 9.60. The SMILES string of the molecule is CCc1c(C)cccc1CN(c1ccc(O)cc1)c1ccc(O)cc1. The number of rotatable bonds is 5. The van der Waals surface area contributed by atoms with E-state index in [2.05, 4.69) is 36.9 Å². The Bertz CT molecular complexity index is 793. The number of hydrogen-bond donors (Lipinski definition) is 2. The molecule has 0 aliphatic rings. The van der Waals surface area contributed by atoms with Crippen molar-refractivity contribution < 1.29 is 10.2 Å². The summed E-state index contributed by atoms with van der Waals surface area (Å²) in [6, 6.07) is 20.8. The summed E-state index contributed by atoms with van der Waals surface area (Å²) in [6.45, 7) is 5.05. The van der Waals surface area contributed by atoms with Crippen LogP contribution in [-0.4, -0.2) is 10.2 Å². The van der Waals surface area contributed by atoms with Crippen LogP contribution >= 0.6 is 0 Å². The highest BCUT2D eigenvalue weighted by atomic mass is 16.3. The number of aromatic hydroxyl groups is 2. The lowest BCUT2D eigenvalue weighted by Gasteiger charge is -2.27. The van der Waals surface area contributed by atoms with Crippen molar-refractivity contribution in [2.24, 2.45) is 0 Å². The minimum Gasteiger partial charge on any atom is -0.508 e. The molecule has 25 heavy (non-hydrogen) atoms. The van der Waals surface area contributed by atoms with Gasteiger partial charge in [0.05, 0.1) is 0 Å². The van der Waals surface area contributed by atoms with Crippen LogP contribution in [0.2, 0.25) is 0 Å². The Hall–Kier alpha value is -2.94. The lowest BCUT2D eigenvalue weighted by molar-refractivity contribution is 0.475. The summed E-state index contributed by atoms with van der Waals surface area (Å²) in [7, 11) is 0. The monoisotopic (exact) mass is 333 g/mol. The molecule has 0 saturated heterocycles. The van der Waals surface area contributed by atoms with Crippen LogP contribution in [0, 0.1) is 6.92 Å². The van der Waals surface area contributed by atoms with Gasteiger partial charge >= 0.3 is 0 Å². The zero-order chi connectivity index (χ0) is 17.8. The zero-order valence-corrected chi connectivity index (χ0v) is 14.6. The van der Waals surface area contributed by atoms with Gasteiger partial charge in [-0.15, -0.1) is 0 Å². The molecule has 0 aromatic heterocycles. The summed E-state index contributed by atoms with van der Waals surface area (Å²) < 4.78 is 0. The van der Waals surface area contributed by atoms with Gasteiger partial charge in [0.25, 0.3) is 0 Å². The van der Waals surface area contributed by atoms with Crippen molar-refractivity contribution in [1.29, 1.82) is 0 Å². The molecule has 0 spiro atoms. The summed E-state index contributed by atoms with van der Waals surface area (Å²) in [4.78, 5) is 2.19. The molecular formula is C22H23NO2. The number of anilines is 2. The maximum Gasteiger partial charge on any atom is 0.115 e. The van der Waals surface area contributed by atoms with Crippen molar-refractivity contribution >= 4 is 11.4 Å². The Morgan fingerprint density at radius 3 is 1.76 bits per heavy atom. The molecule has 0 heterocycles. The average Bonchev–Trinajstić information content (AvgIpc) is 2.61. The Balaban J connectivity index is 2.04. The molecule has 3 nitrogen and oxygen atoms in total. The highest BCUT2D eigenvalue weighted by Gasteiger charge is 2.13. The molecule has 3 rings (SSSR count). The third-order valence-electron chi connectivity index (χ3n) is 4.51. The Morgan fingerprint density at radius 1 is 0.760 bits per heavy atom. The van der Waals surface area contributed by atoms with Crippen LogP contribution in [0.3, 0.4) is 0 Å². The van der Waals surface area contributed by atoms with Gasteiger partial charge in [0, 0.05) is 17.9 Å². The molecule has 0 radical (unpaired) electrons. The van der Waals surface area contributed by atoms with E-state index in [1.165, 1.54) is 16.7 Å². The minimum absolute atomic E-state index is 0.249. The van der Waals surface area contributed by atoms with Gasteiger partial charge in [-0.1, -0.05) is 25.1 Å². The summed E-state index contributed by atoms with van der Waals surface area (Å²) >= 11 is 0. The fourth-order valence-corrected chi connectivity index (χ4v) is 3.18. The van der Waals surface area contributed by atoms with E-state index in [1.54, 1.807) is 24.3 Å². The predicted molar refractivity (Wildman–Crippen MR) is 103 cm³/mol. The first-order chi connectivity index (χ1) is 12.1. The third kappa shape index (κ3) is 3.77. The summed E-state index contributed by atoms with van der Waals surface area (Å²) in [5.74, 6) is 0.499. The van der Waals surface area contributed by atoms with E-state index in [-0.39, 0.29) is 11.5 Å². The number of hydrogen-bond acceptors (Lipinski definition) is 3. The number of phenolic OH excluding ortho intramolecular Hbond substituents is 2. The van der Waals surface area contributed by atoms with Gasteiger partial charge in [-0.25, -0.2) is 0 Å². The molecule has 0 atom stereocenters. The van der Waals surface area contributed by atoms with Crippen LogP contribution in [0.1, 0.15) is 23.6 Å². The van der Waals surface area contributed by atoms with Crippen LogP contribution in [-0.2, 0) is 13.0 Å². The second-order valence-electron chi connectivity index (χ2n) is 6.19. The fourth-order valence-electron chi connectivity index (χ4n) is 3.18. The van der Waals surface area contributed by atoms with Gasteiger partial charge in [-0.2, -0.15) is 0 Å². The van der Waals surface area contributed by atoms with E-state index in [1.807, 2.05) is 24.3 Å². The van der Waals surface area contributed by atoms with E-state index in [9.17, 15) is 10.2 Å². The van der Waals surface area contributed by atoms with Crippen LogP contribution in [0.4, 0.5) is 11.4 Å². The fraction of sp³-hybridized carbons (Fsp3) is 0.182. The predicted octanol–water partition coefficient (Wildman–Crippen LogP) is 5.31. The number of nitrogens with zero attached hydrogens (tertiary/aromatic N) is 1. The number of aryl methyl sites for hydroxylation is 1. The molecular weight excluding hydrogens is 310 g/mol. The molecule has 0 unspecified atom stereocenters. The molecule has 0 aliphatic carbocycles. The zero-order valence-electron chi connectivity index (χ0n) is 14.6. The van der Waals surface area contributed by atoms with Gasteiger partial charge in [0.1, 0.15) is 11.5 Å². The molecule has 3 aromatic rings. The van der Waals surface area contributed by atoms with Crippen molar-refractivity contribution in [1.82, 2.24) is 0 Å². The Labute approximate surface area is 148 Å². The van der Waals surface area contributed by atoms with Gasteiger partial charge in [0.2, 0.25) is 0 Å². The molecule has 0 fully saturated rings. The van der Waals surface area contributed by atoms with Crippen LogP contribution in [0.15, 0.2) is 66.7 Å². The first kappa shape index (κ1) is 16.9. The molecule has 3 heteroatoms. The van der Waals surface area contributed by atoms with Crippen molar-refractivity contribution in [3.05, 3.63) is 83.4 Å². The highest BCUT2D eigenvalue weighted by molar-refractivity contribution is 5.65. The maximum absolute atomic E-state index is 9.60. The van der Waals surface area contributed by atoms with Crippen molar-refractivity contribution in [3.8, 4) is 11.5 Å². The summed E-state index contributed by atoms with van der Waals surface area (Å²) in [6.07, 6.45) is 0.987. The normalized spacial score (nSPS) is 10.6. The largest absolute Gasteiger partial charge is 0.508 e. The van der Waals surface area contributed by atoms with Crippen molar-refractivity contribution in [2.75, 3.05) is 4.90 Å². The lowest BCUT2D eigenvalue weighted by Crippen LogP contribution is -2.17. The number of phenols is 2. The lowest BCUT2D eigenvalue weighted by atomic mass is 9.99. The topological polar surface area (TPSA) is 43.7 Å². The van der Waals surface area contributed by atoms with Gasteiger partial charge < -0.3 is 15.1 Å². The summed E-state index contributed by atoms with van der Waals surface area (Å²) in [5, 5.41) is 19.2. The Kier molecular flexibility index (Phi) is 4.94. The second-order valence-corrected chi connectivity index (χ2v) is 6.19. The van der Waals surface area contributed by atoms with Crippen LogP contribution in [0.25, 0.3) is 0 Å². The van der Waals surface area contributed by atoms with Crippen LogP contribution < -0.4 is 4.90 Å². The van der Waals surface area contributed by atoms with Crippen molar-refractivity contribution in [3.63, 3.8) is 0 Å². The first-order valence-corrected chi connectivity index (χ1v) is 8.51. The third-order valence-corrected chi connectivity index (χ3v) is 4.51. The second kappa shape index (κ2) is 7.31. The molecule has 2 N–H and O–H groups in total. The first-order valence-electron chi connectivity index (χ1n) is 8.51. The molecule has 0 amide bonds. The van der Waals surface area contributed by atoms with E-state index >= 15 is 0 Å². The molecule has 3 aromatic carbocycles. The standard InChI is InChI=1S/C22H23NO2/c1-3-22-16(2)5-4-6-17(22)15-23(18-7-11-20(24)12-8-18)19-9-13-21(25)14-10-19/h4-14,24-25H,3,15H2,1-2H3. The highest BCUT2D eigenvalue weighted by Crippen LogP contribution is 2.31. The minimum atomic E-state index is 0.249. The molecule has 0 saturated carbocycles. The van der Waals surface area contributed by atoms with Gasteiger partial charge in [-0.05, 0) is 78.6 Å². The molecule has 0 aliphatic heterocycles. The Morgan fingerprint density at radius 2 is 1.28 bits per heavy atom. The number of benzene rings is 3. The smallest absolute Gasteiger partial charge is 0.115 e. The van der Waals surface area contributed by atoms with Crippen LogP contribution in [0.5, 0.6) is 11.5 Å².